The maximum atomic E-state index is 14.4. The second-order valence-electron chi connectivity index (χ2n) is 7.77. The highest BCUT2D eigenvalue weighted by Crippen LogP contribution is 2.36. The summed E-state index contributed by atoms with van der Waals surface area (Å²) >= 11 is 0. The molecule has 2 aromatic heterocycles. The van der Waals surface area contributed by atoms with Gasteiger partial charge in [0.05, 0.1) is 18.8 Å². The van der Waals surface area contributed by atoms with Gasteiger partial charge < -0.3 is 4.90 Å². The van der Waals surface area contributed by atoms with E-state index in [9.17, 15) is 13.6 Å². The van der Waals surface area contributed by atoms with E-state index in [1.165, 1.54) is 16.8 Å². The molecule has 0 bridgehead atoms. The number of halogens is 2. The van der Waals surface area contributed by atoms with Gasteiger partial charge in [-0.25, -0.2) is 23.8 Å². The molecule has 1 saturated heterocycles. The fourth-order valence-electron chi connectivity index (χ4n) is 3.64. The van der Waals surface area contributed by atoms with E-state index in [-0.39, 0.29) is 17.5 Å². The third-order valence-electron chi connectivity index (χ3n) is 5.04. The van der Waals surface area contributed by atoms with Crippen molar-refractivity contribution < 1.29 is 18.4 Å². The van der Waals surface area contributed by atoms with Gasteiger partial charge in [-0.15, -0.1) is 0 Å². The van der Waals surface area contributed by atoms with Gasteiger partial charge in [-0.2, -0.15) is 5.10 Å². The highest BCUT2D eigenvalue weighted by atomic mass is 19.1. The summed E-state index contributed by atoms with van der Waals surface area (Å²) in [7, 11) is 0. The SMILES string of the molecule is CC(C)CONC(=O)c1cnn2ccc(N3CCC[C@@H]3c3cc(F)ccc3F)nc12. The summed E-state index contributed by atoms with van der Waals surface area (Å²) in [4.78, 5) is 24.2. The molecular weight excluding hydrogens is 392 g/mol. The first-order valence-corrected chi connectivity index (χ1v) is 9.92. The molecule has 30 heavy (non-hydrogen) atoms. The predicted molar refractivity (Wildman–Crippen MR) is 107 cm³/mol. The molecule has 158 valence electrons. The molecule has 3 aromatic rings. The van der Waals surface area contributed by atoms with Gasteiger partial charge in [-0.3, -0.25) is 9.63 Å². The van der Waals surface area contributed by atoms with Gasteiger partial charge in [0.2, 0.25) is 0 Å². The quantitative estimate of drug-likeness (QED) is 0.622. The highest BCUT2D eigenvalue weighted by molar-refractivity contribution is 5.99. The number of amides is 1. The molecule has 1 fully saturated rings. The van der Waals surface area contributed by atoms with Crippen LogP contribution in [0.25, 0.3) is 5.65 Å². The van der Waals surface area contributed by atoms with Crippen LogP contribution >= 0.6 is 0 Å². The van der Waals surface area contributed by atoms with Gasteiger partial charge in [0.1, 0.15) is 23.0 Å². The van der Waals surface area contributed by atoms with E-state index >= 15 is 0 Å². The van der Waals surface area contributed by atoms with Crippen LogP contribution in [0.2, 0.25) is 0 Å². The van der Waals surface area contributed by atoms with E-state index in [0.717, 1.165) is 18.6 Å². The van der Waals surface area contributed by atoms with E-state index in [1.807, 2.05) is 18.7 Å². The molecule has 0 unspecified atom stereocenters. The van der Waals surface area contributed by atoms with Crippen LogP contribution in [-0.4, -0.2) is 33.7 Å². The molecule has 0 spiro atoms. The molecule has 0 saturated carbocycles. The molecule has 1 aliphatic heterocycles. The van der Waals surface area contributed by atoms with Crippen molar-refractivity contribution in [1.29, 1.82) is 0 Å². The van der Waals surface area contributed by atoms with Crippen LogP contribution in [-0.2, 0) is 4.84 Å². The normalized spacial score (nSPS) is 16.6. The Kier molecular flexibility index (Phi) is 5.63. The minimum absolute atomic E-state index is 0.272. The van der Waals surface area contributed by atoms with E-state index in [1.54, 1.807) is 12.3 Å². The largest absolute Gasteiger partial charge is 0.349 e. The maximum Gasteiger partial charge on any atom is 0.280 e. The summed E-state index contributed by atoms with van der Waals surface area (Å²) < 4.78 is 29.6. The van der Waals surface area contributed by atoms with Gasteiger partial charge >= 0.3 is 0 Å². The minimum atomic E-state index is -0.474. The zero-order valence-electron chi connectivity index (χ0n) is 16.8. The van der Waals surface area contributed by atoms with Crippen molar-refractivity contribution >= 4 is 17.4 Å². The molecule has 1 N–H and O–H groups in total. The lowest BCUT2D eigenvalue weighted by Gasteiger charge is -2.26. The molecule has 9 heteroatoms. The Balaban J connectivity index is 1.63. The van der Waals surface area contributed by atoms with E-state index in [4.69, 9.17) is 4.84 Å². The Morgan fingerprint density at radius 2 is 2.17 bits per heavy atom. The lowest BCUT2D eigenvalue weighted by atomic mass is 10.0. The van der Waals surface area contributed by atoms with Crippen molar-refractivity contribution in [2.75, 3.05) is 18.1 Å². The smallest absolute Gasteiger partial charge is 0.280 e. The Bertz CT molecular complexity index is 1070. The number of carbonyl (C=O) groups is 1. The fraction of sp³-hybridized carbons (Fsp3) is 0.381. The monoisotopic (exact) mass is 415 g/mol. The first-order chi connectivity index (χ1) is 14.4. The third kappa shape index (κ3) is 3.97. The number of benzene rings is 1. The van der Waals surface area contributed by atoms with Gasteiger partial charge in [0.15, 0.2) is 5.65 Å². The van der Waals surface area contributed by atoms with Gasteiger partial charge in [0, 0.05) is 18.3 Å². The van der Waals surface area contributed by atoms with Gasteiger partial charge in [-0.05, 0) is 43.0 Å². The molecule has 1 aliphatic rings. The lowest BCUT2D eigenvalue weighted by Crippen LogP contribution is -2.26. The second-order valence-corrected chi connectivity index (χ2v) is 7.77. The lowest BCUT2D eigenvalue weighted by molar-refractivity contribution is 0.0210. The Hall–Kier alpha value is -3.07. The maximum absolute atomic E-state index is 14.4. The molecular formula is C21H23F2N5O2. The summed E-state index contributed by atoms with van der Waals surface area (Å²) in [5.41, 5.74) is 3.35. The van der Waals surface area contributed by atoms with Gasteiger partial charge in [0.25, 0.3) is 5.91 Å². The Morgan fingerprint density at radius 1 is 1.33 bits per heavy atom. The number of rotatable bonds is 6. The van der Waals surface area contributed by atoms with E-state index in [2.05, 4.69) is 15.6 Å². The number of fused-ring (bicyclic) bond motifs is 1. The van der Waals surface area contributed by atoms with Crippen molar-refractivity contribution in [3.05, 3.63) is 59.4 Å². The van der Waals surface area contributed by atoms with Crippen LogP contribution in [0, 0.1) is 17.6 Å². The van der Waals surface area contributed by atoms with Crippen molar-refractivity contribution in [2.45, 2.75) is 32.7 Å². The standard InChI is InChI=1S/C21H23F2N5O2/c1-13(2)12-30-26-21(29)16-11-24-28-9-7-19(25-20(16)28)27-8-3-4-18(27)15-10-14(22)5-6-17(15)23/h5-7,9-11,13,18H,3-4,8,12H2,1-2H3,(H,26,29)/t18-/m1/s1. The van der Waals surface area contributed by atoms with Crippen LogP contribution in [0.5, 0.6) is 0 Å². The summed E-state index contributed by atoms with van der Waals surface area (Å²) in [6.45, 7) is 4.99. The van der Waals surface area contributed by atoms with Crippen molar-refractivity contribution in [3.8, 4) is 0 Å². The zero-order valence-corrected chi connectivity index (χ0v) is 16.8. The fourth-order valence-corrected chi connectivity index (χ4v) is 3.64. The molecule has 1 atom stereocenters. The number of carbonyl (C=O) groups excluding carboxylic acids is 1. The number of hydroxylamine groups is 1. The average Bonchev–Trinajstić information content (AvgIpc) is 3.36. The summed E-state index contributed by atoms with van der Waals surface area (Å²) in [6.07, 6.45) is 4.63. The first-order valence-electron chi connectivity index (χ1n) is 9.92. The molecule has 3 heterocycles. The number of hydrogen-bond acceptors (Lipinski definition) is 5. The molecule has 1 aromatic carbocycles. The average molecular weight is 415 g/mol. The number of nitrogens with zero attached hydrogens (tertiary/aromatic N) is 4. The van der Waals surface area contributed by atoms with Crippen LogP contribution < -0.4 is 10.4 Å². The van der Waals surface area contributed by atoms with Crippen molar-refractivity contribution in [2.24, 2.45) is 5.92 Å². The number of hydrogen-bond donors (Lipinski definition) is 1. The number of anilines is 1. The third-order valence-corrected chi connectivity index (χ3v) is 5.04. The molecule has 1 amide bonds. The number of nitrogens with one attached hydrogen (secondary N) is 1. The first kappa shape index (κ1) is 20.2. The van der Waals surface area contributed by atoms with Crippen molar-refractivity contribution in [1.82, 2.24) is 20.1 Å². The zero-order chi connectivity index (χ0) is 21.3. The van der Waals surface area contributed by atoms with Crippen LogP contribution in [0.3, 0.4) is 0 Å². The van der Waals surface area contributed by atoms with Crippen LogP contribution in [0.1, 0.15) is 48.7 Å². The molecule has 0 radical (unpaired) electrons. The topological polar surface area (TPSA) is 71.8 Å². The molecule has 0 aliphatic carbocycles. The Morgan fingerprint density at radius 3 is 2.97 bits per heavy atom. The highest BCUT2D eigenvalue weighted by Gasteiger charge is 2.30. The summed E-state index contributed by atoms with van der Waals surface area (Å²) in [6, 6.07) is 4.92. The van der Waals surface area contributed by atoms with Crippen LogP contribution in [0.15, 0.2) is 36.7 Å². The van der Waals surface area contributed by atoms with Crippen LogP contribution in [0.4, 0.5) is 14.6 Å². The number of aromatic nitrogens is 3. The molecule has 4 rings (SSSR count). The predicted octanol–water partition coefficient (Wildman–Crippen LogP) is 3.67. The minimum Gasteiger partial charge on any atom is -0.349 e. The van der Waals surface area contributed by atoms with E-state index in [0.29, 0.717) is 36.6 Å². The summed E-state index contributed by atoms with van der Waals surface area (Å²) in [5, 5.41) is 4.16. The van der Waals surface area contributed by atoms with Crippen molar-refractivity contribution in [3.63, 3.8) is 0 Å². The van der Waals surface area contributed by atoms with Gasteiger partial charge in [-0.1, -0.05) is 13.8 Å². The Labute approximate surface area is 172 Å². The summed E-state index contributed by atoms with van der Waals surface area (Å²) in [5.74, 6) is -0.510. The molecule has 7 nitrogen and oxygen atoms in total. The van der Waals surface area contributed by atoms with E-state index < -0.39 is 17.5 Å². The second kappa shape index (κ2) is 8.35.